The van der Waals surface area contributed by atoms with E-state index in [-0.39, 0.29) is 6.03 Å². The number of urea groups is 1. The molecule has 0 aliphatic carbocycles. The second kappa shape index (κ2) is 8.06. The van der Waals surface area contributed by atoms with Crippen LogP contribution < -0.4 is 20.1 Å². The predicted octanol–water partition coefficient (Wildman–Crippen LogP) is 3.42. The summed E-state index contributed by atoms with van der Waals surface area (Å²) in [7, 11) is 3.20. The highest BCUT2D eigenvalue weighted by atomic mass is 16.5. The topological polar surface area (TPSA) is 88.3 Å². The van der Waals surface area contributed by atoms with E-state index in [0.29, 0.717) is 18.0 Å². The molecule has 0 fully saturated rings. The van der Waals surface area contributed by atoms with E-state index in [1.807, 2.05) is 36.4 Å². The average molecular weight is 352 g/mol. The van der Waals surface area contributed by atoms with Crippen LogP contribution in [0.25, 0.3) is 11.1 Å². The number of carbonyl (C=O) groups is 1. The van der Waals surface area contributed by atoms with Crippen LogP contribution in [0, 0.1) is 0 Å². The SMILES string of the molecule is COc1cccc(CNC(=O)Nc2ccc(-c3cn[nH]c3)c(OC)c2)c1. The van der Waals surface area contributed by atoms with Crippen molar-refractivity contribution in [3.63, 3.8) is 0 Å². The summed E-state index contributed by atoms with van der Waals surface area (Å²) in [6.07, 6.45) is 3.50. The summed E-state index contributed by atoms with van der Waals surface area (Å²) in [6, 6.07) is 12.7. The standard InChI is InChI=1S/C19H20N4O3/c1-25-16-5-3-4-13(8-16)10-20-19(24)23-15-6-7-17(18(9-15)26-2)14-11-21-22-12-14/h3-9,11-12H,10H2,1-2H3,(H,21,22)(H2,20,23,24). The number of nitrogens with zero attached hydrogens (tertiary/aromatic N) is 1. The van der Waals surface area contributed by atoms with Crippen LogP contribution in [0.3, 0.4) is 0 Å². The van der Waals surface area contributed by atoms with Crippen molar-refractivity contribution in [2.24, 2.45) is 0 Å². The Balaban J connectivity index is 1.63. The number of hydrogen-bond donors (Lipinski definition) is 3. The lowest BCUT2D eigenvalue weighted by molar-refractivity contribution is 0.251. The molecule has 0 saturated heterocycles. The van der Waals surface area contributed by atoms with Crippen LogP contribution in [0.15, 0.2) is 54.9 Å². The Labute approximate surface area is 151 Å². The van der Waals surface area contributed by atoms with E-state index < -0.39 is 0 Å². The molecule has 26 heavy (non-hydrogen) atoms. The first kappa shape index (κ1) is 17.3. The minimum Gasteiger partial charge on any atom is -0.497 e. The van der Waals surface area contributed by atoms with Crippen LogP contribution in [0.5, 0.6) is 11.5 Å². The zero-order valence-corrected chi connectivity index (χ0v) is 14.6. The van der Waals surface area contributed by atoms with Crippen molar-refractivity contribution in [3.8, 4) is 22.6 Å². The second-order valence-electron chi connectivity index (χ2n) is 5.56. The predicted molar refractivity (Wildman–Crippen MR) is 99.4 cm³/mol. The van der Waals surface area contributed by atoms with Gasteiger partial charge in [-0.2, -0.15) is 5.10 Å². The fourth-order valence-corrected chi connectivity index (χ4v) is 2.55. The van der Waals surface area contributed by atoms with Gasteiger partial charge >= 0.3 is 6.03 Å². The lowest BCUT2D eigenvalue weighted by Crippen LogP contribution is -2.28. The average Bonchev–Trinajstić information content (AvgIpc) is 3.21. The lowest BCUT2D eigenvalue weighted by atomic mass is 10.1. The summed E-state index contributed by atoms with van der Waals surface area (Å²) in [5.41, 5.74) is 3.39. The maximum Gasteiger partial charge on any atom is 0.319 e. The second-order valence-corrected chi connectivity index (χ2v) is 5.56. The monoisotopic (exact) mass is 352 g/mol. The maximum atomic E-state index is 12.1. The van der Waals surface area contributed by atoms with Crippen LogP contribution in [-0.2, 0) is 6.54 Å². The van der Waals surface area contributed by atoms with Crippen molar-refractivity contribution in [2.75, 3.05) is 19.5 Å². The smallest absolute Gasteiger partial charge is 0.319 e. The van der Waals surface area contributed by atoms with E-state index in [9.17, 15) is 4.79 Å². The summed E-state index contributed by atoms with van der Waals surface area (Å²) in [5.74, 6) is 1.40. The number of aromatic amines is 1. The number of anilines is 1. The number of aromatic nitrogens is 2. The molecule has 2 amide bonds. The highest BCUT2D eigenvalue weighted by Gasteiger charge is 2.09. The Morgan fingerprint density at radius 1 is 1.15 bits per heavy atom. The molecule has 3 N–H and O–H groups in total. The fraction of sp³-hybridized carbons (Fsp3) is 0.158. The van der Waals surface area contributed by atoms with Gasteiger partial charge in [-0.3, -0.25) is 5.10 Å². The molecule has 0 unspecified atom stereocenters. The fourth-order valence-electron chi connectivity index (χ4n) is 2.55. The van der Waals surface area contributed by atoms with Crippen LogP contribution in [0.2, 0.25) is 0 Å². The summed E-state index contributed by atoms with van der Waals surface area (Å²) in [6.45, 7) is 0.396. The van der Waals surface area contributed by atoms with Crippen molar-refractivity contribution in [2.45, 2.75) is 6.54 Å². The molecule has 7 nitrogen and oxygen atoms in total. The summed E-state index contributed by atoms with van der Waals surface area (Å²) in [5, 5.41) is 12.3. The van der Waals surface area contributed by atoms with Crippen molar-refractivity contribution >= 4 is 11.7 Å². The third-order valence-corrected chi connectivity index (χ3v) is 3.86. The molecule has 0 radical (unpaired) electrons. The first-order chi connectivity index (χ1) is 12.7. The molecular weight excluding hydrogens is 332 g/mol. The van der Waals surface area contributed by atoms with E-state index in [1.54, 1.807) is 32.7 Å². The highest BCUT2D eigenvalue weighted by Crippen LogP contribution is 2.31. The minimum atomic E-state index is -0.300. The van der Waals surface area contributed by atoms with Gasteiger partial charge in [-0.05, 0) is 29.8 Å². The van der Waals surface area contributed by atoms with Crippen molar-refractivity contribution in [1.29, 1.82) is 0 Å². The first-order valence-electron chi connectivity index (χ1n) is 8.04. The molecule has 0 aliphatic rings. The van der Waals surface area contributed by atoms with Gasteiger partial charge in [0.05, 0.1) is 20.4 Å². The first-order valence-corrected chi connectivity index (χ1v) is 8.04. The molecule has 0 bridgehead atoms. The van der Waals surface area contributed by atoms with Crippen LogP contribution in [0.1, 0.15) is 5.56 Å². The number of nitrogens with one attached hydrogen (secondary N) is 3. The Morgan fingerprint density at radius 3 is 2.77 bits per heavy atom. The van der Waals surface area contributed by atoms with Crippen LogP contribution >= 0.6 is 0 Å². The van der Waals surface area contributed by atoms with Gasteiger partial charge in [0.25, 0.3) is 0 Å². The molecule has 3 aromatic rings. The molecular formula is C19H20N4O3. The number of H-pyrrole nitrogens is 1. The molecule has 0 spiro atoms. The number of amides is 2. The number of hydrogen-bond acceptors (Lipinski definition) is 4. The van der Waals surface area contributed by atoms with E-state index in [0.717, 1.165) is 22.4 Å². The molecule has 0 aliphatic heterocycles. The molecule has 0 saturated carbocycles. The molecule has 1 aromatic heterocycles. The Hall–Kier alpha value is -3.48. The molecule has 1 heterocycles. The van der Waals surface area contributed by atoms with Gasteiger partial charge in [-0.1, -0.05) is 12.1 Å². The number of ether oxygens (including phenoxy) is 2. The van der Waals surface area contributed by atoms with Gasteiger partial charge < -0.3 is 20.1 Å². The van der Waals surface area contributed by atoms with Gasteiger partial charge in [0.1, 0.15) is 11.5 Å². The quantitative estimate of drug-likeness (QED) is 0.634. The van der Waals surface area contributed by atoms with Gasteiger partial charge in [0.2, 0.25) is 0 Å². The molecule has 0 atom stereocenters. The van der Waals surface area contributed by atoms with E-state index in [1.165, 1.54) is 0 Å². The maximum absolute atomic E-state index is 12.1. The van der Waals surface area contributed by atoms with E-state index in [2.05, 4.69) is 20.8 Å². The number of methoxy groups -OCH3 is 2. The Morgan fingerprint density at radius 2 is 2.04 bits per heavy atom. The van der Waals surface area contributed by atoms with Gasteiger partial charge in [0.15, 0.2) is 0 Å². The van der Waals surface area contributed by atoms with Crippen molar-refractivity contribution in [3.05, 3.63) is 60.4 Å². The number of carbonyl (C=O) groups excluding carboxylic acids is 1. The van der Waals surface area contributed by atoms with Gasteiger partial charge in [0, 0.05) is 35.6 Å². The van der Waals surface area contributed by atoms with Crippen LogP contribution in [0.4, 0.5) is 10.5 Å². The third-order valence-electron chi connectivity index (χ3n) is 3.86. The summed E-state index contributed by atoms with van der Waals surface area (Å²) in [4.78, 5) is 12.1. The molecule has 7 heteroatoms. The van der Waals surface area contributed by atoms with Gasteiger partial charge in [-0.15, -0.1) is 0 Å². The van der Waals surface area contributed by atoms with E-state index >= 15 is 0 Å². The van der Waals surface area contributed by atoms with Crippen molar-refractivity contribution in [1.82, 2.24) is 15.5 Å². The molecule has 134 valence electrons. The number of benzene rings is 2. The highest BCUT2D eigenvalue weighted by molar-refractivity contribution is 5.90. The molecule has 2 aromatic carbocycles. The molecule has 3 rings (SSSR count). The summed E-state index contributed by atoms with van der Waals surface area (Å²) >= 11 is 0. The Kier molecular flexibility index (Phi) is 5.38. The summed E-state index contributed by atoms with van der Waals surface area (Å²) < 4.78 is 10.6. The number of rotatable bonds is 6. The zero-order chi connectivity index (χ0) is 18.4. The zero-order valence-electron chi connectivity index (χ0n) is 14.6. The minimum absolute atomic E-state index is 0.300. The van der Waals surface area contributed by atoms with E-state index in [4.69, 9.17) is 9.47 Å². The normalized spacial score (nSPS) is 10.2. The van der Waals surface area contributed by atoms with Gasteiger partial charge in [-0.25, -0.2) is 4.79 Å². The lowest BCUT2D eigenvalue weighted by Gasteiger charge is -2.12. The van der Waals surface area contributed by atoms with Crippen molar-refractivity contribution < 1.29 is 14.3 Å². The van der Waals surface area contributed by atoms with Crippen LogP contribution in [-0.4, -0.2) is 30.4 Å². The third kappa shape index (κ3) is 4.13. The Bertz CT molecular complexity index is 878. The largest absolute Gasteiger partial charge is 0.497 e.